The molecular weight excluding hydrogens is 360 g/mol. The van der Waals surface area contributed by atoms with Gasteiger partial charge in [-0.1, -0.05) is 30.7 Å². The van der Waals surface area contributed by atoms with Crippen molar-refractivity contribution in [2.75, 3.05) is 6.54 Å². The molecule has 21 heavy (non-hydrogen) atoms. The van der Waals surface area contributed by atoms with Crippen LogP contribution in [0.1, 0.15) is 30.5 Å². The molecule has 2 rings (SSSR count). The Morgan fingerprint density at radius 2 is 1.76 bits per heavy atom. The zero-order valence-electron chi connectivity index (χ0n) is 11.5. The molecule has 1 nitrogen and oxygen atoms in total. The van der Waals surface area contributed by atoms with Gasteiger partial charge in [-0.25, -0.2) is 8.78 Å². The third-order valence-electron chi connectivity index (χ3n) is 3.15. The number of hydrogen-bond donors (Lipinski definition) is 1. The first-order valence-corrected chi connectivity index (χ1v) is 7.83. The van der Waals surface area contributed by atoms with Crippen molar-refractivity contribution >= 4 is 27.5 Å². The Bertz CT molecular complexity index is 582. The van der Waals surface area contributed by atoms with Crippen LogP contribution in [-0.2, 0) is 0 Å². The van der Waals surface area contributed by atoms with Crippen molar-refractivity contribution in [2.45, 2.75) is 19.4 Å². The van der Waals surface area contributed by atoms with Crippen molar-refractivity contribution in [3.63, 3.8) is 0 Å². The fourth-order valence-corrected chi connectivity index (χ4v) is 2.54. The van der Waals surface area contributed by atoms with Crippen LogP contribution in [0, 0.1) is 11.6 Å². The van der Waals surface area contributed by atoms with Gasteiger partial charge in [-0.3, -0.25) is 0 Å². The van der Waals surface area contributed by atoms with Gasteiger partial charge in [0.1, 0.15) is 0 Å². The highest BCUT2D eigenvalue weighted by Crippen LogP contribution is 2.29. The van der Waals surface area contributed by atoms with Crippen molar-refractivity contribution < 1.29 is 8.78 Å². The standard InChI is InChI=1S/C16H15BrClF2N/c1-2-7-21-16(10-3-5-12(17)13(18)8-10)11-4-6-14(19)15(20)9-11/h3-6,8-9,16,21H,2,7H2,1H3. The number of nitrogens with one attached hydrogen (secondary N) is 1. The topological polar surface area (TPSA) is 12.0 Å². The summed E-state index contributed by atoms with van der Waals surface area (Å²) in [6.07, 6.45) is 0.935. The fourth-order valence-electron chi connectivity index (χ4n) is 2.10. The molecule has 0 heterocycles. The molecule has 0 aromatic heterocycles. The Balaban J connectivity index is 2.41. The van der Waals surface area contributed by atoms with E-state index in [0.717, 1.165) is 29.1 Å². The summed E-state index contributed by atoms with van der Waals surface area (Å²) in [5, 5.41) is 3.91. The highest BCUT2D eigenvalue weighted by molar-refractivity contribution is 9.10. The Kier molecular flexibility index (Phi) is 5.73. The first-order valence-electron chi connectivity index (χ1n) is 6.66. The van der Waals surface area contributed by atoms with Gasteiger partial charge in [0.05, 0.1) is 11.1 Å². The van der Waals surface area contributed by atoms with Crippen LogP contribution in [-0.4, -0.2) is 6.54 Å². The van der Waals surface area contributed by atoms with E-state index in [0.29, 0.717) is 10.6 Å². The lowest BCUT2D eigenvalue weighted by Crippen LogP contribution is -2.23. The lowest BCUT2D eigenvalue weighted by molar-refractivity contribution is 0.503. The summed E-state index contributed by atoms with van der Waals surface area (Å²) in [5.41, 5.74) is 1.57. The maximum absolute atomic E-state index is 13.5. The fraction of sp³-hybridized carbons (Fsp3) is 0.250. The van der Waals surface area contributed by atoms with Gasteiger partial charge in [0, 0.05) is 4.47 Å². The van der Waals surface area contributed by atoms with E-state index in [-0.39, 0.29) is 6.04 Å². The summed E-state index contributed by atoms with van der Waals surface area (Å²) in [6.45, 7) is 2.81. The van der Waals surface area contributed by atoms with Gasteiger partial charge in [-0.05, 0) is 64.3 Å². The molecular formula is C16H15BrClF2N. The summed E-state index contributed by atoms with van der Waals surface area (Å²) in [6, 6.07) is 9.29. The van der Waals surface area contributed by atoms with E-state index < -0.39 is 11.6 Å². The number of benzene rings is 2. The number of hydrogen-bond acceptors (Lipinski definition) is 1. The number of halogens is 4. The van der Waals surface area contributed by atoms with E-state index in [9.17, 15) is 8.78 Å². The summed E-state index contributed by atoms with van der Waals surface area (Å²) in [7, 11) is 0. The maximum Gasteiger partial charge on any atom is 0.159 e. The SMILES string of the molecule is CCCNC(c1ccc(F)c(F)c1)c1ccc(Br)c(Cl)c1. The Hall–Kier alpha value is -0.970. The first kappa shape index (κ1) is 16.4. The van der Waals surface area contributed by atoms with Gasteiger partial charge in [-0.15, -0.1) is 0 Å². The average molecular weight is 375 g/mol. The molecule has 2 aromatic rings. The summed E-state index contributed by atoms with van der Waals surface area (Å²) >= 11 is 9.47. The molecule has 0 bridgehead atoms. The van der Waals surface area contributed by atoms with Crippen molar-refractivity contribution in [1.82, 2.24) is 5.32 Å². The van der Waals surface area contributed by atoms with Gasteiger partial charge >= 0.3 is 0 Å². The van der Waals surface area contributed by atoms with Crippen molar-refractivity contribution in [3.05, 3.63) is 68.7 Å². The third kappa shape index (κ3) is 4.02. The molecule has 0 radical (unpaired) electrons. The lowest BCUT2D eigenvalue weighted by atomic mass is 9.98. The van der Waals surface area contributed by atoms with Crippen LogP contribution in [0.3, 0.4) is 0 Å². The predicted octanol–water partition coefficient (Wildman–Crippen LogP) is 5.47. The maximum atomic E-state index is 13.5. The van der Waals surface area contributed by atoms with Crippen LogP contribution >= 0.6 is 27.5 Å². The van der Waals surface area contributed by atoms with Gasteiger partial charge in [-0.2, -0.15) is 0 Å². The monoisotopic (exact) mass is 373 g/mol. The van der Waals surface area contributed by atoms with Gasteiger partial charge in [0.25, 0.3) is 0 Å². The zero-order valence-corrected chi connectivity index (χ0v) is 13.8. The molecule has 112 valence electrons. The normalized spacial score (nSPS) is 12.4. The Morgan fingerprint density at radius 3 is 2.38 bits per heavy atom. The van der Waals surface area contributed by atoms with Crippen molar-refractivity contribution in [3.8, 4) is 0 Å². The molecule has 1 unspecified atom stereocenters. The van der Waals surface area contributed by atoms with Crippen LogP contribution in [0.4, 0.5) is 8.78 Å². The quantitative estimate of drug-likeness (QED) is 0.732. The lowest BCUT2D eigenvalue weighted by Gasteiger charge is -2.20. The molecule has 0 aliphatic rings. The first-order chi connectivity index (χ1) is 10.0. The van der Waals surface area contributed by atoms with Gasteiger partial charge in [0.2, 0.25) is 0 Å². The number of rotatable bonds is 5. The molecule has 0 amide bonds. The second-order valence-corrected chi connectivity index (χ2v) is 6.00. The predicted molar refractivity (Wildman–Crippen MR) is 85.6 cm³/mol. The van der Waals surface area contributed by atoms with E-state index in [2.05, 4.69) is 21.2 Å². The minimum atomic E-state index is -0.848. The minimum Gasteiger partial charge on any atom is -0.306 e. The smallest absolute Gasteiger partial charge is 0.159 e. The van der Waals surface area contributed by atoms with Crippen LogP contribution < -0.4 is 5.32 Å². The Labute approximate surface area is 136 Å². The molecule has 0 saturated carbocycles. The second-order valence-electron chi connectivity index (χ2n) is 4.73. The van der Waals surface area contributed by atoms with Crippen LogP contribution in [0.15, 0.2) is 40.9 Å². The molecule has 1 atom stereocenters. The molecule has 5 heteroatoms. The zero-order chi connectivity index (χ0) is 15.4. The van der Waals surface area contributed by atoms with Crippen LogP contribution in [0.25, 0.3) is 0 Å². The average Bonchev–Trinajstić information content (AvgIpc) is 2.46. The molecule has 0 fully saturated rings. The van der Waals surface area contributed by atoms with E-state index in [1.807, 2.05) is 25.1 Å². The van der Waals surface area contributed by atoms with Crippen molar-refractivity contribution in [1.29, 1.82) is 0 Å². The molecule has 0 aliphatic heterocycles. The highest BCUT2D eigenvalue weighted by atomic mass is 79.9. The summed E-state index contributed by atoms with van der Waals surface area (Å²) in [4.78, 5) is 0. The van der Waals surface area contributed by atoms with E-state index in [1.165, 1.54) is 6.07 Å². The van der Waals surface area contributed by atoms with E-state index >= 15 is 0 Å². The van der Waals surface area contributed by atoms with Gasteiger partial charge < -0.3 is 5.32 Å². The Morgan fingerprint density at radius 1 is 1.10 bits per heavy atom. The van der Waals surface area contributed by atoms with Gasteiger partial charge in [0.15, 0.2) is 11.6 Å². The van der Waals surface area contributed by atoms with Crippen LogP contribution in [0.2, 0.25) is 5.02 Å². The summed E-state index contributed by atoms with van der Waals surface area (Å²) in [5.74, 6) is -1.69. The van der Waals surface area contributed by atoms with Crippen molar-refractivity contribution in [2.24, 2.45) is 0 Å². The molecule has 2 aromatic carbocycles. The molecule has 0 aliphatic carbocycles. The second kappa shape index (κ2) is 7.34. The van der Waals surface area contributed by atoms with E-state index in [4.69, 9.17) is 11.6 Å². The molecule has 0 saturated heterocycles. The highest BCUT2D eigenvalue weighted by Gasteiger charge is 2.16. The van der Waals surface area contributed by atoms with E-state index in [1.54, 1.807) is 6.07 Å². The largest absolute Gasteiger partial charge is 0.306 e. The van der Waals surface area contributed by atoms with Crippen LogP contribution in [0.5, 0.6) is 0 Å². The summed E-state index contributed by atoms with van der Waals surface area (Å²) < 4.78 is 27.4. The molecule has 0 spiro atoms. The minimum absolute atomic E-state index is 0.231. The molecule has 1 N–H and O–H groups in total. The third-order valence-corrected chi connectivity index (χ3v) is 4.38.